The van der Waals surface area contributed by atoms with Crippen molar-refractivity contribution in [1.82, 2.24) is 5.32 Å². The van der Waals surface area contributed by atoms with E-state index in [0.717, 1.165) is 12.1 Å². The lowest BCUT2D eigenvalue weighted by molar-refractivity contribution is -0.137. The minimum absolute atomic E-state index is 0.165. The number of alkyl halides is 3. The molecule has 0 aliphatic carbocycles. The van der Waals surface area contributed by atoms with Crippen LogP contribution in [-0.2, 0) is 21.0 Å². The Morgan fingerprint density at radius 3 is 2.35 bits per heavy atom. The summed E-state index contributed by atoms with van der Waals surface area (Å²) >= 11 is 0. The van der Waals surface area contributed by atoms with Crippen molar-refractivity contribution in [3.8, 4) is 5.75 Å². The summed E-state index contributed by atoms with van der Waals surface area (Å²) in [6.07, 6.45) is -4.58. The van der Waals surface area contributed by atoms with Gasteiger partial charge in [0.05, 0.1) is 10.5 Å². The van der Waals surface area contributed by atoms with Crippen LogP contribution in [0.25, 0.3) is 0 Å². The number of sulfonamides is 1. The van der Waals surface area contributed by atoms with Gasteiger partial charge in [-0.05, 0) is 42.5 Å². The van der Waals surface area contributed by atoms with Crippen molar-refractivity contribution in [1.29, 1.82) is 0 Å². The van der Waals surface area contributed by atoms with Gasteiger partial charge in [-0.1, -0.05) is 6.07 Å². The second-order valence-corrected chi connectivity index (χ2v) is 6.80. The van der Waals surface area contributed by atoms with Crippen LogP contribution >= 0.6 is 0 Å². The molecular weight excluding hydrogens is 373 g/mol. The Morgan fingerprint density at radius 1 is 1.12 bits per heavy atom. The first-order chi connectivity index (χ1) is 12.1. The molecule has 26 heavy (non-hydrogen) atoms. The van der Waals surface area contributed by atoms with Gasteiger partial charge in [0.25, 0.3) is 15.9 Å². The van der Waals surface area contributed by atoms with Crippen LogP contribution in [0.15, 0.2) is 53.4 Å². The zero-order chi connectivity index (χ0) is 19.4. The van der Waals surface area contributed by atoms with Gasteiger partial charge in [-0.25, -0.2) is 8.42 Å². The van der Waals surface area contributed by atoms with E-state index in [4.69, 9.17) is 4.74 Å². The molecule has 0 radical (unpaired) electrons. The lowest BCUT2D eigenvalue weighted by atomic mass is 10.2. The Bertz CT molecular complexity index is 881. The molecule has 0 fully saturated rings. The normalized spacial score (nSPS) is 11.7. The predicted octanol–water partition coefficient (Wildman–Crippen LogP) is 2.63. The molecule has 2 rings (SSSR count). The molecule has 0 aromatic heterocycles. The van der Waals surface area contributed by atoms with E-state index in [2.05, 4.69) is 10.0 Å². The van der Waals surface area contributed by atoms with Gasteiger partial charge in [0.15, 0.2) is 6.61 Å². The van der Waals surface area contributed by atoms with Crippen LogP contribution in [0.1, 0.15) is 5.56 Å². The molecular formula is C16H15F3N2O4S. The van der Waals surface area contributed by atoms with Gasteiger partial charge in [-0.2, -0.15) is 13.2 Å². The SMILES string of the molecule is CNC(=O)COc1ccc(S(=O)(=O)Nc2cccc(C(F)(F)F)c2)cc1. The van der Waals surface area contributed by atoms with Crippen LogP contribution < -0.4 is 14.8 Å². The molecule has 0 aliphatic heterocycles. The number of carbonyl (C=O) groups is 1. The van der Waals surface area contributed by atoms with Crippen LogP contribution in [-0.4, -0.2) is 28.0 Å². The van der Waals surface area contributed by atoms with Crippen molar-refractivity contribution < 1.29 is 31.1 Å². The van der Waals surface area contributed by atoms with Crippen LogP contribution in [0.3, 0.4) is 0 Å². The third-order valence-electron chi connectivity index (χ3n) is 3.22. The fourth-order valence-corrected chi connectivity index (χ4v) is 2.96. The third-order valence-corrected chi connectivity index (χ3v) is 4.62. The van der Waals surface area contributed by atoms with Gasteiger partial charge in [0, 0.05) is 12.7 Å². The summed E-state index contributed by atoms with van der Waals surface area (Å²) < 4.78 is 69.9. The van der Waals surface area contributed by atoms with E-state index < -0.39 is 21.8 Å². The molecule has 0 aliphatic rings. The average molecular weight is 388 g/mol. The summed E-state index contributed by atoms with van der Waals surface area (Å²) in [5.41, 5.74) is -1.17. The topological polar surface area (TPSA) is 84.5 Å². The van der Waals surface area contributed by atoms with Gasteiger partial charge in [-0.15, -0.1) is 0 Å². The molecule has 0 unspecified atom stereocenters. The fourth-order valence-electron chi connectivity index (χ4n) is 1.91. The van der Waals surface area contributed by atoms with Crippen molar-refractivity contribution in [2.75, 3.05) is 18.4 Å². The molecule has 2 aromatic rings. The number of hydrogen-bond acceptors (Lipinski definition) is 4. The molecule has 0 saturated carbocycles. The fraction of sp³-hybridized carbons (Fsp3) is 0.188. The van der Waals surface area contributed by atoms with E-state index in [-0.39, 0.29) is 28.8 Å². The largest absolute Gasteiger partial charge is 0.484 e. The minimum atomic E-state index is -4.58. The van der Waals surface area contributed by atoms with Crippen LogP contribution in [0, 0.1) is 0 Å². The summed E-state index contributed by atoms with van der Waals surface area (Å²) in [6, 6.07) is 8.98. The molecule has 2 aromatic carbocycles. The zero-order valence-electron chi connectivity index (χ0n) is 13.5. The second kappa shape index (κ2) is 7.65. The highest BCUT2D eigenvalue weighted by molar-refractivity contribution is 7.92. The highest BCUT2D eigenvalue weighted by Crippen LogP contribution is 2.31. The number of hydrogen-bond donors (Lipinski definition) is 2. The first kappa shape index (κ1) is 19.6. The van der Waals surface area contributed by atoms with E-state index in [1.54, 1.807) is 0 Å². The van der Waals surface area contributed by atoms with Crippen molar-refractivity contribution in [2.24, 2.45) is 0 Å². The maximum absolute atomic E-state index is 12.7. The van der Waals surface area contributed by atoms with Crippen LogP contribution in [0.4, 0.5) is 18.9 Å². The van der Waals surface area contributed by atoms with Crippen molar-refractivity contribution >= 4 is 21.6 Å². The number of halogens is 3. The average Bonchev–Trinajstić information content (AvgIpc) is 2.59. The highest BCUT2D eigenvalue weighted by Gasteiger charge is 2.30. The van der Waals surface area contributed by atoms with E-state index in [9.17, 15) is 26.4 Å². The Hall–Kier alpha value is -2.75. The van der Waals surface area contributed by atoms with Gasteiger partial charge in [0.1, 0.15) is 5.75 Å². The molecule has 140 valence electrons. The predicted molar refractivity (Wildman–Crippen MR) is 88.3 cm³/mol. The number of carbonyl (C=O) groups excluding carboxylic acids is 1. The number of rotatable bonds is 6. The van der Waals surface area contributed by atoms with Crippen molar-refractivity contribution in [3.63, 3.8) is 0 Å². The smallest absolute Gasteiger partial charge is 0.416 e. The number of anilines is 1. The number of amides is 1. The summed E-state index contributed by atoms with van der Waals surface area (Å²) in [6.45, 7) is -0.231. The number of ether oxygens (including phenoxy) is 1. The molecule has 1 amide bonds. The molecule has 0 saturated heterocycles. The molecule has 2 N–H and O–H groups in total. The monoisotopic (exact) mass is 388 g/mol. The Labute approximate surface area is 148 Å². The van der Waals surface area contributed by atoms with E-state index in [1.807, 2.05) is 0 Å². The summed E-state index contributed by atoms with van der Waals surface area (Å²) in [7, 11) is -2.64. The molecule has 6 nitrogen and oxygen atoms in total. The second-order valence-electron chi connectivity index (χ2n) is 5.12. The lowest BCUT2D eigenvalue weighted by Crippen LogP contribution is -2.24. The van der Waals surface area contributed by atoms with Gasteiger partial charge in [-0.3, -0.25) is 9.52 Å². The van der Waals surface area contributed by atoms with Gasteiger partial charge in [0.2, 0.25) is 0 Å². The van der Waals surface area contributed by atoms with Crippen molar-refractivity contribution in [2.45, 2.75) is 11.1 Å². The van der Waals surface area contributed by atoms with Crippen LogP contribution in [0.5, 0.6) is 5.75 Å². The van der Waals surface area contributed by atoms with E-state index in [1.165, 1.54) is 37.4 Å². The third kappa shape index (κ3) is 5.12. The Kier molecular flexibility index (Phi) is 5.76. The van der Waals surface area contributed by atoms with E-state index in [0.29, 0.717) is 6.07 Å². The molecule has 0 spiro atoms. The molecule has 0 bridgehead atoms. The number of likely N-dealkylation sites (N-methyl/N-ethyl adjacent to an activating group) is 1. The number of nitrogens with one attached hydrogen (secondary N) is 2. The minimum Gasteiger partial charge on any atom is -0.484 e. The Balaban J connectivity index is 2.14. The van der Waals surface area contributed by atoms with Gasteiger partial charge < -0.3 is 10.1 Å². The first-order valence-electron chi connectivity index (χ1n) is 7.25. The molecule has 0 atom stereocenters. The summed E-state index contributed by atoms with van der Waals surface area (Å²) in [5, 5.41) is 2.36. The standard InChI is InChI=1S/C16H15F3N2O4S/c1-20-15(22)10-25-13-5-7-14(8-6-13)26(23,24)21-12-4-2-3-11(9-12)16(17,18)19/h2-9,21H,10H2,1H3,(H,20,22). The first-order valence-corrected chi connectivity index (χ1v) is 8.73. The van der Waals surface area contributed by atoms with Crippen LogP contribution in [0.2, 0.25) is 0 Å². The molecule has 0 heterocycles. The Morgan fingerprint density at radius 2 is 1.77 bits per heavy atom. The highest BCUT2D eigenvalue weighted by atomic mass is 32.2. The lowest BCUT2D eigenvalue weighted by Gasteiger charge is -2.12. The molecule has 10 heteroatoms. The zero-order valence-corrected chi connectivity index (χ0v) is 14.3. The van der Waals surface area contributed by atoms with Gasteiger partial charge >= 0.3 is 6.18 Å². The quantitative estimate of drug-likeness (QED) is 0.797. The summed E-state index contributed by atoms with van der Waals surface area (Å²) in [5.74, 6) is -0.0838. The maximum atomic E-state index is 12.7. The maximum Gasteiger partial charge on any atom is 0.416 e. The van der Waals surface area contributed by atoms with Crippen molar-refractivity contribution in [3.05, 3.63) is 54.1 Å². The number of benzene rings is 2. The summed E-state index contributed by atoms with van der Waals surface area (Å²) in [4.78, 5) is 10.9. The van der Waals surface area contributed by atoms with E-state index >= 15 is 0 Å².